The highest BCUT2D eigenvalue weighted by molar-refractivity contribution is 5.20. The zero-order valence-corrected chi connectivity index (χ0v) is 12.5. The zero-order chi connectivity index (χ0) is 15.4. The Hall–Kier alpha value is -1.79. The number of benzene rings is 1. The van der Waals surface area contributed by atoms with Gasteiger partial charge in [0.1, 0.15) is 18.5 Å². The Morgan fingerprint density at radius 1 is 1.36 bits per heavy atom. The third kappa shape index (κ3) is 3.69. The van der Waals surface area contributed by atoms with Crippen molar-refractivity contribution < 1.29 is 9.50 Å². The highest BCUT2D eigenvalue weighted by atomic mass is 19.1. The molecule has 22 heavy (non-hydrogen) atoms. The van der Waals surface area contributed by atoms with E-state index in [-0.39, 0.29) is 5.82 Å². The summed E-state index contributed by atoms with van der Waals surface area (Å²) in [5, 5.41) is 14.4. The van der Waals surface area contributed by atoms with Crippen molar-refractivity contribution in [2.45, 2.75) is 25.5 Å². The van der Waals surface area contributed by atoms with Gasteiger partial charge in [0.2, 0.25) is 0 Å². The van der Waals surface area contributed by atoms with E-state index in [9.17, 15) is 9.50 Å². The van der Waals surface area contributed by atoms with Crippen LogP contribution < -0.4 is 0 Å². The molecular formula is C16H21FN4O. The second-order valence-corrected chi connectivity index (χ2v) is 5.92. The monoisotopic (exact) mass is 304 g/mol. The molecule has 0 bridgehead atoms. The number of hydrogen-bond donors (Lipinski definition) is 1. The van der Waals surface area contributed by atoms with Gasteiger partial charge in [-0.2, -0.15) is 5.10 Å². The highest BCUT2D eigenvalue weighted by Crippen LogP contribution is 2.22. The average molecular weight is 304 g/mol. The topological polar surface area (TPSA) is 54.2 Å². The Morgan fingerprint density at radius 2 is 2.23 bits per heavy atom. The van der Waals surface area contributed by atoms with Crippen molar-refractivity contribution in [3.63, 3.8) is 0 Å². The van der Waals surface area contributed by atoms with Gasteiger partial charge < -0.3 is 10.0 Å². The number of likely N-dealkylation sites (tertiary alicyclic amines) is 1. The van der Waals surface area contributed by atoms with Gasteiger partial charge in [0.25, 0.3) is 0 Å². The van der Waals surface area contributed by atoms with Crippen LogP contribution in [-0.2, 0) is 6.54 Å². The number of piperidine rings is 1. The van der Waals surface area contributed by atoms with Crippen LogP contribution in [0.5, 0.6) is 0 Å². The Bertz CT molecular complexity index is 590. The van der Waals surface area contributed by atoms with Crippen LogP contribution in [0, 0.1) is 11.7 Å². The number of aliphatic hydroxyl groups excluding tert-OH is 1. The van der Waals surface area contributed by atoms with Gasteiger partial charge in [-0.25, -0.2) is 9.37 Å². The molecule has 0 unspecified atom stereocenters. The van der Waals surface area contributed by atoms with E-state index in [0.29, 0.717) is 18.0 Å². The fourth-order valence-electron chi connectivity index (χ4n) is 3.15. The maximum absolute atomic E-state index is 13.7. The molecule has 2 aromatic rings. The van der Waals surface area contributed by atoms with Gasteiger partial charge in [-0.1, -0.05) is 18.2 Å². The predicted molar refractivity (Wildman–Crippen MR) is 80.5 cm³/mol. The summed E-state index contributed by atoms with van der Waals surface area (Å²) in [5.41, 5.74) is 0.376. The first-order valence-electron chi connectivity index (χ1n) is 7.69. The number of halogens is 1. The number of aromatic nitrogens is 3. The standard InChI is InChI=1S/C16H21FN4O/c17-15-6-2-1-5-14(15)16(22)10-20-7-3-4-13(8-20)9-21-12-18-11-19-21/h1-2,5-6,11-13,16,22H,3-4,7-10H2/t13-,16+/m0/s1. The highest BCUT2D eigenvalue weighted by Gasteiger charge is 2.23. The van der Waals surface area contributed by atoms with E-state index in [2.05, 4.69) is 15.0 Å². The summed E-state index contributed by atoms with van der Waals surface area (Å²) in [5.74, 6) is 0.148. The molecule has 0 spiro atoms. The molecule has 0 radical (unpaired) electrons. The molecule has 0 saturated carbocycles. The van der Waals surface area contributed by atoms with Crippen molar-refractivity contribution in [3.05, 3.63) is 48.3 Å². The Morgan fingerprint density at radius 3 is 3.00 bits per heavy atom. The van der Waals surface area contributed by atoms with Gasteiger partial charge in [0, 0.05) is 25.2 Å². The quantitative estimate of drug-likeness (QED) is 0.916. The van der Waals surface area contributed by atoms with Gasteiger partial charge in [-0.3, -0.25) is 4.68 Å². The van der Waals surface area contributed by atoms with E-state index in [1.807, 2.05) is 4.68 Å². The molecule has 0 aliphatic carbocycles. The third-order valence-corrected chi connectivity index (χ3v) is 4.21. The smallest absolute Gasteiger partial charge is 0.137 e. The lowest BCUT2D eigenvalue weighted by Crippen LogP contribution is -2.39. The van der Waals surface area contributed by atoms with E-state index in [1.165, 1.54) is 6.07 Å². The molecular weight excluding hydrogens is 283 g/mol. The SMILES string of the molecule is O[C@H](CN1CCC[C@H](Cn2cncn2)C1)c1ccccc1F. The van der Waals surface area contributed by atoms with Crippen LogP contribution in [0.25, 0.3) is 0 Å². The van der Waals surface area contributed by atoms with Crippen LogP contribution in [0.15, 0.2) is 36.9 Å². The first-order chi connectivity index (χ1) is 10.7. The Balaban J connectivity index is 1.57. The number of aliphatic hydroxyl groups is 1. The van der Waals surface area contributed by atoms with Crippen LogP contribution >= 0.6 is 0 Å². The van der Waals surface area contributed by atoms with Crippen molar-refractivity contribution in [2.24, 2.45) is 5.92 Å². The van der Waals surface area contributed by atoms with Crippen molar-refractivity contribution in [3.8, 4) is 0 Å². The lowest BCUT2D eigenvalue weighted by Gasteiger charge is -2.33. The Kier molecular flexibility index (Phi) is 4.80. The van der Waals surface area contributed by atoms with E-state index in [0.717, 1.165) is 32.5 Å². The van der Waals surface area contributed by atoms with Gasteiger partial charge in [-0.15, -0.1) is 0 Å². The number of hydrogen-bond acceptors (Lipinski definition) is 4. The molecule has 5 nitrogen and oxygen atoms in total. The summed E-state index contributed by atoms with van der Waals surface area (Å²) in [6.45, 7) is 3.14. The summed E-state index contributed by atoms with van der Waals surface area (Å²) < 4.78 is 15.6. The van der Waals surface area contributed by atoms with Gasteiger partial charge in [-0.05, 0) is 31.4 Å². The van der Waals surface area contributed by atoms with Crippen LogP contribution in [-0.4, -0.2) is 44.4 Å². The van der Waals surface area contributed by atoms with Crippen molar-refractivity contribution >= 4 is 0 Å². The lowest BCUT2D eigenvalue weighted by atomic mass is 9.97. The molecule has 6 heteroatoms. The normalized spacial score (nSPS) is 20.9. The molecule has 1 N–H and O–H groups in total. The van der Waals surface area contributed by atoms with Crippen LogP contribution in [0.2, 0.25) is 0 Å². The minimum Gasteiger partial charge on any atom is -0.387 e. The van der Waals surface area contributed by atoms with Crippen LogP contribution in [0.4, 0.5) is 4.39 Å². The summed E-state index contributed by atoms with van der Waals surface area (Å²) in [4.78, 5) is 6.17. The molecule has 1 aromatic carbocycles. The van der Waals surface area contributed by atoms with E-state index in [4.69, 9.17) is 0 Å². The Labute approximate surface area is 129 Å². The van der Waals surface area contributed by atoms with Crippen molar-refractivity contribution in [1.29, 1.82) is 0 Å². The fraction of sp³-hybridized carbons (Fsp3) is 0.500. The predicted octanol–water partition coefficient (Wildman–Crippen LogP) is 1.86. The molecule has 1 fully saturated rings. The number of nitrogens with zero attached hydrogens (tertiary/aromatic N) is 4. The molecule has 1 aromatic heterocycles. The maximum Gasteiger partial charge on any atom is 0.137 e. The first kappa shape index (κ1) is 15.1. The molecule has 118 valence electrons. The van der Waals surface area contributed by atoms with Crippen molar-refractivity contribution in [2.75, 3.05) is 19.6 Å². The van der Waals surface area contributed by atoms with E-state index >= 15 is 0 Å². The van der Waals surface area contributed by atoms with E-state index in [1.54, 1.807) is 30.9 Å². The first-order valence-corrected chi connectivity index (χ1v) is 7.69. The average Bonchev–Trinajstić information content (AvgIpc) is 3.01. The number of rotatable bonds is 5. The summed E-state index contributed by atoms with van der Waals surface area (Å²) >= 11 is 0. The third-order valence-electron chi connectivity index (χ3n) is 4.21. The molecule has 1 aliphatic heterocycles. The maximum atomic E-state index is 13.7. The molecule has 2 atom stereocenters. The minimum atomic E-state index is -0.786. The van der Waals surface area contributed by atoms with Crippen molar-refractivity contribution in [1.82, 2.24) is 19.7 Å². The molecule has 3 rings (SSSR count). The van der Waals surface area contributed by atoms with Gasteiger partial charge >= 0.3 is 0 Å². The van der Waals surface area contributed by atoms with Gasteiger partial charge in [0.05, 0.1) is 6.10 Å². The van der Waals surface area contributed by atoms with Crippen LogP contribution in [0.3, 0.4) is 0 Å². The van der Waals surface area contributed by atoms with Crippen LogP contribution in [0.1, 0.15) is 24.5 Å². The summed E-state index contributed by atoms with van der Waals surface area (Å²) in [6, 6.07) is 6.44. The zero-order valence-electron chi connectivity index (χ0n) is 12.5. The summed E-state index contributed by atoms with van der Waals surface area (Å²) in [7, 11) is 0. The second kappa shape index (κ2) is 6.98. The molecule has 0 amide bonds. The summed E-state index contributed by atoms with van der Waals surface area (Å²) in [6.07, 6.45) is 4.72. The molecule has 2 heterocycles. The lowest BCUT2D eigenvalue weighted by molar-refractivity contribution is 0.0780. The van der Waals surface area contributed by atoms with E-state index < -0.39 is 6.10 Å². The molecule has 1 aliphatic rings. The fourth-order valence-corrected chi connectivity index (χ4v) is 3.15. The number of β-amino-alcohol motifs (C(OH)–C–C–N with tert-alkyl or cyclic N) is 1. The largest absolute Gasteiger partial charge is 0.387 e. The van der Waals surface area contributed by atoms with Gasteiger partial charge in [0.15, 0.2) is 0 Å². The second-order valence-electron chi connectivity index (χ2n) is 5.92. The molecule has 1 saturated heterocycles. The minimum absolute atomic E-state index is 0.342.